The van der Waals surface area contributed by atoms with E-state index in [-0.39, 0.29) is 6.61 Å². The minimum Gasteiger partial charge on any atom is -0.367 e. The standard InChI is InChI=1S/C21H21Cl2N3O2/c1-21(2,20(24)27)28-13-17-11-19(14-7-9-16(22)10-8-14)26(25-17)12-15-5-3-4-6-18(15)23/h3-11H,12-13H2,1-2H3,(H2,24,27). The summed E-state index contributed by atoms with van der Waals surface area (Å²) in [6, 6.07) is 17.1. The number of halogens is 2. The summed E-state index contributed by atoms with van der Waals surface area (Å²) in [5.74, 6) is -0.527. The molecule has 0 aliphatic rings. The number of hydrogen-bond donors (Lipinski definition) is 1. The molecule has 146 valence electrons. The van der Waals surface area contributed by atoms with Crippen LogP contribution in [-0.4, -0.2) is 21.3 Å². The van der Waals surface area contributed by atoms with Crippen molar-refractivity contribution in [1.82, 2.24) is 9.78 Å². The minimum atomic E-state index is -1.08. The van der Waals surface area contributed by atoms with E-state index in [1.807, 2.05) is 59.3 Å². The molecule has 1 amide bonds. The van der Waals surface area contributed by atoms with Gasteiger partial charge in [0.15, 0.2) is 0 Å². The summed E-state index contributed by atoms with van der Waals surface area (Å²) in [6.07, 6.45) is 0. The Hall–Kier alpha value is -2.34. The van der Waals surface area contributed by atoms with Crippen molar-refractivity contribution in [1.29, 1.82) is 0 Å². The van der Waals surface area contributed by atoms with E-state index >= 15 is 0 Å². The number of ether oxygens (including phenoxy) is 1. The Kier molecular flexibility index (Phi) is 6.08. The molecule has 2 N–H and O–H groups in total. The Morgan fingerprint density at radius 3 is 2.46 bits per heavy atom. The average Bonchev–Trinajstić information content (AvgIpc) is 3.05. The first-order valence-corrected chi connectivity index (χ1v) is 9.52. The maximum absolute atomic E-state index is 11.5. The van der Waals surface area contributed by atoms with Crippen LogP contribution in [-0.2, 0) is 22.7 Å². The lowest BCUT2D eigenvalue weighted by molar-refractivity contribution is -0.140. The van der Waals surface area contributed by atoms with Gasteiger partial charge >= 0.3 is 0 Å². The molecule has 3 rings (SSSR count). The Morgan fingerprint density at radius 2 is 1.82 bits per heavy atom. The predicted octanol–water partition coefficient (Wildman–Crippen LogP) is 4.69. The lowest BCUT2D eigenvalue weighted by Crippen LogP contribution is -2.40. The van der Waals surface area contributed by atoms with Gasteiger partial charge in [-0.1, -0.05) is 53.5 Å². The molecule has 0 radical (unpaired) electrons. The van der Waals surface area contributed by atoms with Gasteiger partial charge in [0.25, 0.3) is 0 Å². The fraction of sp³-hybridized carbons (Fsp3) is 0.238. The van der Waals surface area contributed by atoms with E-state index < -0.39 is 11.5 Å². The van der Waals surface area contributed by atoms with Gasteiger partial charge in [-0.05, 0) is 49.2 Å². The summed E-state index contributed by atoms with van der Waals surface area (Å²) in [4.78, 5) is 11.5. The molecule has 0 bridgehead atoms. The Balaban J connectivity index is 1.94. The van der Waals surface area contributed by atoms with Crippen molar-refractivity contribution in [2.24, 2.45) is 5.73 Å². The van der Waals surface area contributed by atoms with Crippen LogP contribution in [0.15, 0.2) is 54.6 Å². The summed E-state index contributed by atoms with van der Waals surface area (Å²) in [7, 11) is 0. The topological polar surface area (TPSA) is 70.1 Å². The first-order valence-electron chi connectivity index (χ1n) is 8.76. The van der Waals surface area contributed by atoms with Crippen LogP contribution in [0.3, 0.4) is 0 Å². The number of primary amides is 1. The molecule has 0 saturated carbocycles. The van der Waals surface area contributed by atoms with Crippen LogP contribution < -0.4 is 5.73 Å². The largest absolute Gasteiger partial charge is 0.367 e. The molecule has 28 heavy (non-hydrogen) atoms. The number of nitrogens with two attached hydrogens (primary N) is 1. The molecule has 0 unspecified atom stereocenters. The molecule has 0 aliphatic carbocycles. The Morgan fingerprint density at radius 1 is 1.14 bits per heavy atom. The van der Waals surface area contributed by atoms with Crippen LogP contribution in [0.25, 0.3) is 11.3 Å². The number of amides is 1. The lowest BCUT2D eigenvalue weighted by atomic mass is 10.1. The van der Waals surface area contributed by atoms with Crippen LogP contribution in [0.2, 0.25) is 10.0 Å². The van der Waals surface area contributed by atoms with Gasteiger partial charge in [0.05, 0.1) is 24.5 Å². The van der Waals surface area contributed by atoms with E-state index in [1.54, 1.807) is 13.8 Å². The fourth-order valence-electron chi connectivity index (χ4n) is 2.63. The number of hydrogen-bond acceptors (Lipinski definition) is 3. The summed E-state index contributed by atoms with van der Waals surface area (Å²) >= 11 is 12.3. The molecule has 3 aromatic rings. The fourth-order valence-corrected chi connectivity index (χ4v) is 2.95. The first-order chi connectivity index (χ1) is 13.3. The lowest BCUT2D eigenvalue weighted by Gasteiger charge is -2.20. The molecule has 1 aromatic heterocycles. The summed E-state index contributed by atoms with van der Waals surface area (Å²) < 4.78 is 7.54. The molecule has 2 aromatic carbocycles. The monoisotopic (exact) mass is 417 g/mol. The third kappa shape index (κ3) is 4.73. The molecular formula is C21H21Cl2N3O2. The highest BCUT2D eigenvalue weighted by Crippen LogP contribution is 2.26. The number of aromatic nitrogens is 2. The quantitative estimate of drug-likeness (QED) is 0.606. The number of carbonyl (C=O) groups is 1. The average molecular weight is 418 g/mol. The number of nitrogens with zero attached hydrogens (tertiary/aromatic N) is 2. The number of carbonyl (C=O) groups excluding carboxylic acids is 1. The van der Waals surface area contributed by atoms with Crippen LogP contribution >= 0.6 is 23.2 Å². The Bertz CT molecular complexity index is 982. The van der Waals surface area contributed by atoms with Crippen LogP contribution in [0.1, 0.15) is 25.1 Å². The van der Waals surface area contributed by atoms with E-state index in [4.69, 9.17) is 33.7 Å². The zero-order valence-electron chi connectivity index (χ0n) is 15.7. The molecule has 0 atom stereocenters. The van der Waals surface area contributed by atoms with E-state index in [9.17, 15) is 4.79 Å². The highest BCUT2D eigenvalue weighted by Gasteiger charge is 2.26. The highest BCUT2D eigenvalue weighted by molar-refractivity contribution is 6.31. The molecule has 5 nitrogen and oxygen atoms in total. The van der Waals surface area contributed by atoms with Gasteiger partial charge in [-0.15, -0.1) is 0 Å². The third-order valence-corrected chi connectivity index (χ3v) is 5.04. The molecule has 0 spiro atoms. The van der Waals surface area contributed by atoms with Crippen molar-refractivity contribution < 1.29 is 9.53 Å². The minimum absolute atomic E-state index is 0.159. The second kappa shape index (κ2) is 8.35. The van der Waals surface area contributed by atoms with Crippen LogP contribution in [0.5, 0.6) is 0 Å². The second-order valence-corrected chi connectivity index (χ2v) is 7.78. The SMILES string of the molecule is CC(C)(OCc1cc(-c2ccc(Cl)cc2)n(Cc2ccccc2Cl)n1)C(N)=O. The van der Waals surface area contributed by atoms with E-state index in [1.165, 1.54) is 0 Å². The second-order valence-electron chi connectivity index (χ2n) is 6.94. The van der Waals surface area contributed by atoms with Crippen molar-refractivity contribution in [3.63, 3.8) is 0 Å². The number of benzene rings is 2. The smallest absolute Gasteiger partial charge is 0.249 e. The zero-order valence-corrected chi connectivity index (χ0v) is 17.2. The Labute approximate surface area is 174 Å². The van der Waals surface area contributed by atoms with Gasteiger partial charge in [-0.2, -0.15) is 5.10 Å². The molecule has 0 aliphatic heterocycles. The maximum atomic E-state index is 11.5. The van der Waals surface area contributed by atoms with Gasteiger partial charge < -0.3 is 10.5 Å². The third-order valence-electron chi connectivity index (χ3n) is 4.42. The van der Waals surface area contributed by atoms with E-state index in [0.717, 1.165) is 16.8 Å². The van der Waals surface area contributed by atoms with Gasteiger partial charge in [0, 0.05) is 10.0 Å². The van der Waals surface area contributed by atoms with Crippen molar-refractivity contribution in [2.75, 3.05) is 0 Å². The van der Waals surface area contributed by atoms with Gasteiger partial charge in [0.2, 0.25) is 5.91 Å². The summed E-state index contributed by atoms with van der Waals surface area (Å²) in [5.41, 5.74) is 7.80. The van der Waals surface area contributed by atoms with E-state index in [2.05, 4.69) is 5.10 Å². The van der Waals surface area contributed by atoms with Gasteiger partial charge in [-0.25, -0.2) is 0 Å². The normalized spacial score (nSPS) is 11.6. The van der Waals surface area contributed by atoms with Gasteiger partial charge in [-0.3, -0.25) is 9.48 Å². The summed E-state index contributed by atoms with van der Waals surface area (Å²) in [5, 5.41) is 5.99. The van der Waals surface area contributed by atoms with E-state index in [0.29, 0.717) is 22.3 Å². The van der Waals surface area contributed by atoms with Crippen LogP contribution in [0.4, 0.5) is 0 Å². The van der Waals surface area contributed by atoms with Crippen molar-refractivity contribution >= 4 is 29.1 Å². The first kappa shape index (κ1) is 20.4. The van der Waals surface area contributed by atoms with Crippen molar-refractivity contribution in [2.45, 2.75) is 32.6 Å². The maximum Gasteiger partial charge on any atom is 0.249 e. The molecule has 0 saturated heterocycles. The van der Waals surface area contributed by atoms with Crippen molar-refractivity contribution in [3.05, 3.63) is 75.9 Å². The summed E-state index contributed by atoms with van der Waals surface area (Å²) in [6.45, 7) is 3.93. The molecular weight excluding hydrogens is 397 g/mol. The zero-order chi connectivity index (χ0) is 20.3. The molecule has 7 heteroatoms. The van der Waals surface area contributed by atoms with Gasteiger partial charge in [0.1, 0.15) is 5.60 Å². The number of rotatable bonds is 7. The van der Waals surface area contributed by atoms with Crippen LogP contribution in [0, 0.1) is 0 Å². The molecule has 1 heterocycles. The highest BCUT2D eigenvalue weighted by atomic mass is 35.5. The predicted molar refractivity (Wildman–Crippen MR) is 111 cm³/mol. The molecule has 0 fully saturated rings. The van der Waals surface area contributed by atoms with Crippen molar-refractivity contribution in [3.8, 4) is 11.3 Å².